The van der Waals surface area contributed by atoms with E-state index in [1.807, 2.05) is 0 Å². The van der Waals surface area contributed by atoms with Gasteiger partial charge in [0.2, 0.25) is 0 Å². The normalized spacial score (nSPS) is 10.1. The van der Waals surface area contributed by atoms with Gasteiger partial charge in [-0.3, -0.25) is 4.79 Å². The van der Waals surface area contributed by atoms with E-state index in [0.717, 1.165) is 6.07 Å². The van der Waals surface area contributed by atoms with Crippen molar-refractivity contribution in [1.82, 2.24) is 4.98 Å². The number of rotatable bonds is 5. The Morgan fingerprint density at radius 3 is 2.80 bits per heavy atom. The minimum absolute atomic E-state index is 0.0295. The molecule has 102 valence electrons. The summed E-state index contributed by atoms with van der Waals surface area (Å²) in [5.74, 6) is -1.84. The Labute approximate surface area is 113 Å². The van der Waals surface area contributed by atoms with Gasteiger partial charge in [0.15, 0.2) is 11.6 Å². The summed E-state index contributed by atoms with van der Waals surface area (Å²) in [7, 11) is 0. The van der Waals surface area contributed by atoms with Crippen LogP contribution in [0.3, 0.4) is 0 Å². The Morgan fingerprint density at radius 2 is 2.15 bits per heavy atom. The summed E-state index contributed by atoms with van der Waals surface area (Å²) in [6.45, 7) is -0.0710. The third-order valence-electron chi connectivity index (χ3n) is 2.49. The lowest BCUT2D eigenvalue weighted by atomic mass is 10.2. The van der Waals surface area contributed by atoms with E-state index in [1.54, 1.807) is 6.07 Å². The number of carbonyl (C=O) groups is 2. The minimum atomic E-state index is -1.15. The van der Waals surface area contributed by atoms with E-state index >= 15 is 0 Å². The van der Waals surface area contributed by atoms with E-state index < -0.39 is 11.8 Å². The number of ether oxygens (including phenoxy) is 1. The molecule has 0 aliphatic heterocycles. The minimum Gasteiger partial charge on any atom is -0.484 e. The SMILES string of the molecule is O=Cc1ccc(OCc2cccc(C(=O)O)n2)c(F)c1. The van der Waals surface area contributed by atoms with Crippen LogP contribution >= 0.6 is 0 Å². The third-order valence-corrected chi connectivity index (χ3v) is 2.49. The summed E-state index contributed by atoms with van der Waals surface area (Å²) in [5, 5.41) is 8.80. The molecule has 0 amide bonds. The number of carboxylic acid groups (broad SMARTS) is 1. The molecule has 0 saturated heterocycles. The lowest BCUT2D eigenvalue weighted by Crippen LogP contribution is -2.05. The van der Waals surface area contributed by atoms with Gasteiger partial charge in [-0.05, 0) is 30.3 Å². The molecule has 1 aromatic heterocycles. The molecular weight excluding hydrogens is 265 g/mol. The van der Waals surface area contributed by atoms with Gasteiger partial charge in [0.1, 0.15) is 18.6 Å². The highest BCUT2D eigenvalue weighted by Crippen LogP contribution is 2.18. The topological polar surface area (TPSA) is 76.5 Å². The van der Waals surface area contributed by atoms with Crippen molar-refractivity contribution in [1.29, 1.82) is 0 Å². The third kappa shape index (κ3) is 3.17. The molecule has 0 aliphatic carbocycles. The average molecular weight is 275 g/mol. The molecule has 0 saturated carbocycles. The zero-order chi connectivity index (χ0) is 14.5. The Hall–Kier alpha value is -2.76. The van der Waals surface area contributed by atoms with Crippen LogP contribution in [0.5, 0.6) is 5.75 Å². The van der Waals surface area contributed by atoms with Gasteiger partial charge in [-0.25, -0.2) is 14.2 Å². The summed E-state index contributed by atoms with van der Waals surface area (Å²) in [4.78, 5) is 25.1. The molecule has 6 heteroatoms. The van der Waals surface area contributed by atoms with Crippen LogP contribution in [0.1, 0.15) is 26.5 Å². The molecule has 0 unspecified atom stereocenters. The van der Waals surface area contributed by atoms with E-state index in [9.17, 15) is 14.0 Å². The van der Waals surface area contributed by atoms with E-state index in [-0.39, 0.29) is 23.6 Å². The zero-order valence-electron chi connectivity index (χ0n) is 10.2. The predicted octanol–water partition coefficient (Wildman–Crippen LogP) is 2.31. The highest BCUT2D eigenvalue weighted by Gasteiger charge is 2.08. The van der Waals surface area contributed by atoms with Gasteiger partial charge in [-0.1, -0.05) is 6.07 Å². The van der Waals surface area contributed by atoms with Crippen molar-refractivity contribution in [2.45, 2.75) is 6.61 Å². The van der Waals surface area contributed by atoms with Crippen molar-refractivity contribution in [3.05, 3.63) is 59.2 Å². The molecule has 5 nitrogen and oxygen atoms in total. The van der Waals surface area contributed by atoms with Crippen molar-refractivity contribution in [2.24, 2.45) is 0 Å². The van der Waals surface area contributed by atoms with Crippen molar-refractivity contribution in [3.8, 4) is 5.75 Å². The van der Waals surface area contributed by atoms with Crippen LogP contribution in [-0.2, 0) is 6.61 Å². The highest BCUT2D eigenvalue weighted by atomic mass is 19.1. The average Bonchev–Trinajstić information content (AvgIpc) is 2.46. The molecular formula is C14H10FNO4. The molecule has 0 atom stereocenters. The molecule has 0 bridgehead atoms. The second-order valence-corrected chi connectivity index (χ2v) is 3.92. The van der Waals surface area contributed by atoms with Crippen LogP contribution in [-0.4, -0.2) is 22.3 Å². The summed E-state index contributed by atoms with van der Waals surface area (Å²) in [6.07, 6.45) is 0.532. The van der Waals surface area contributed by atoms with E-state index in [2.05, 4.69) is 4.98 Å². The molecule has 1 N–H and O–H groups in total. The first-order valence-electron chi connectivity index (χ1n) is 5.67. The van der Waals surface area contributed by atoms with Crippen LogP contribution in [0, 0.1) is 5.82 Å². The molecule has 0 aliphatic rings. The smallest absolute Gasteiger partial charge is 0.354 e. The standard InChI is InChI=1S/C14H10FNO4/c15-11-6-9(7-17)4-5-13(11)20-8-10-2-1-3-12(16-10)14(18)19/h1-7H,8H2,(H,18,19). The summed E-state index contributed by atoms with van der Waals surface area (Å²) >= 11 is 0. The lowest BCUT2D eigenvalue weighted by molar-refractivity contribution is 0.0689. The van der Waals surface area contributed by atoms with Gasteiger partial charge in [-0.15, -0.1) is 0 Å². The molecule has 2 aromatic rings. The van der Waals surface area contributed by atoms with Gasteiger partial charge in [-0.2, -0.15) is 0 Å². The quantitative estimate of drug-likeness (QED) is 0.847. The van der Waals surface area contributed by atoms with Crippen LogP contribution in [0.15, 0.2) is 36.4 Å². The molecule has 1 aromatic carbocycles. The maximum absolute atomic E-state index is 13.5. The Balaban J connectivity index is 2.10. The summed E-state index contributed by atoms with van der Waals surface area (Å²) in [6, 6.07) is 8.27. The number of carbonyl (C=O) groups excluding carboxylic acids is 1. The first-order chi connectivity index (χ1) is 9.60. The number of benzene rings is 1. The van der Waals surface area contributed by atoms with Crippen molar-refractivity contribution >= 4 is 12.3 Å². The number of aldehydes is 1. The molecule has 0 radical (unpaired) electrons. The molecule has 20 heavy (non-hydrogen) atoms. The highest BCUT2D eigenvalue weighted by molar-refractivity contribution is 5.85. The van der Waals surface area contributed by atoms with Crippen LogP contribution in [0.25, 0.3) is 0 Å². The first kappa shape index (κ1) is 13.7. The van der Waals surface area contributed by atoms with E-state index in [4.69, 9.17) is 9.84 Å². The summed E-state index contributed by atoms with van der Waals surface area (Å²) in [5.41, 5.74) is 0.465. The fraction of sp³-hybridized carbons (Fsp3) is 0.0714. The maximum Gasteiger partial charge on any atom is 0.354 e. The second-order valence-electron chi connectivity index (χ2n) is 3.92. The van der Waals surface area contributed by atoms with E-state index in [1.165, 1.54) is 24.3 Å². The number of aromatic carboxylic acids is 1. The molecule has 0 fully saturated rings. The fourth-order valence-corrected chi connectivity index (χ4v) is 1.54. The van der Waals surface area contributed by atoms with Gasteiger partial charge in [0.25, 0.3) is 0 Å². The van der Waals surface area contributed by atoms with Gasteiger partial charge < -0.3 is 9.84 Å². The van der Waals surface area contributed by atoms with Crippen LogP contribution in [0.2, 0.25) is 0 Å². The number of halogens is 1. The van der Waals surface area contributed by atoms with Gasteiger partial charge in [0, 0.05) is 5.56 Å². The number of hydrogen-bond donors (Lipinski definition) is 1. The summed E-state index contributed by atoms with van der Waals surface area (Å²) < 4.78 is 18.8. The van der Waals surface area contributed by atoms with Crippen LogP contribution in [0.4, 0.5) is 4.39 Å². The monoisotopic (exact) mass is 275 g/mol. The Bertz CT molecular complexity index is 657. The second kappa shape index (κ2) is 5.92. The van der Waals surface area contributed by atoms with Crippen molar-refractivity contribution in [3.63, 3.8) is 0 Å². The number of carboxylic acids is 1. The Kier molecular flexibility index (Phi) is 4.05. The Morgan fingerprint density at radius 1 is 1.35 bits per heavy atom. The van der Waals surface area contributed by atoms with E-state index in [0.29, 0.717) is 12.0 Å². The van der Waals surface area contributed by atoms with Gasteiger partial charge >= 0.3 is 5.97 Å². The van der Waals surface area contributed by atoms with Crippen molar-refractivity contribution < 1.29 is 23.8 Å². The van der Waals surface area contributed by atoms with Crippen LogP contribution < -0.4 is 4.74 Å². The first-order valence-corrected chi connectivity index (χ1v) is 5.67. The van der Waals surface area contributed by atoms with Gasteiger partial charge in [0.05, 0.1) is 5.69 Å². The van der Waals surface area contributed by atoms with Crippen molar-refractivity contribution in [2.75, 3.05) is 0 Å². The molecule has 1 heterocycles. The fourth-order valence-electron chi connectivity index (χ4n) is 1.54. The largest absolute Gasteiger partial charge is 0.484 e. The number of hydrogen-bond acceptors (Lipinski definition) is 4. The maximum atomic E-state index is 13.5. The number of pyridine rings is 1. The predicted molar refractivity (Wildman–Crippen MR) is 67.3 cm³/mol. The molecule has 0 spiro atoms. The number of aromatic nitrogens is 1. The lowest BCUT2D eigenvalue weighted by Gasteiger charge is -2.07. The number of nitrogens with zero attached hydrogens (tertiary/aromatic N) is 1. The zero-order valence-corrected chi connectivity index (χ0v) is 10.2. The molecule has 2 rings (SSSR count).